The van der Waals surface area contributed by atoms with Crippen LogP contribution < -0.4 is 0 Å². The van der Waals surface area contributed by atoms with E-state index in [2.05, 4.69) is 20.7 Å². The number of carbonyl (C=O) groups is 2. The summed E-state index contributed by atoms with van der Waals surface area (Å²) in [5.74, 6) is -0.389. The van der Waals surface area contributed by atoms with Crippen molar-refractivity contribution in [1.82, 2.24) is 0 Å². The van der Waals surface area contributed by atoms with Gasteiger partial charge in [0.2, 0.25) is 0 Å². The molecule has 0 aliphatic heterocycles. The first-order valence-electron chi connectivity index (χ1n) is 4.38. The lowest BCUT2D eigenvalue weighted by Crippen LogP contribution is -2.06. The molecule has 1 aromatic carbocycles. The van der Waals surface area contributed by atoms with Crippen molar-refractivity contribution >= 4 is 27.7 Å². The summed E-state index contributed by atoms with van der Waals surface area (Å²) >= 11 is 3.11. The third kappa shape index (κ3) is 2.65. The average molecular weight is 271 g/mol. The Morgan fingerprint density at radius 2 is 2.07 bits per heavy atom. The van der Waals surface area contributed by atoms with E-state index in [9.17, 15) is 9.59 Å². The number of rotatable bonds is 3. The third-order valence-corrected chi connectivity index (χ3v) is 2.58. The van der Waals surface area contributed by atoms with Crippen LogP contribution in [0.25, 0.3) is 0 Å². The summed E-state index contributed by atoms with van der Waals surface area (Å²) in [5.41, 5.74) is 1.86. The summed E-state index contributed by atoms with van der Waals surface area (Å²) < 4.78 is 4.58. The Balaban J connectivity index is 3.08. The van der Waals surface area contributed by atoms with Gasteiger partial charge in [-0.3, -0.25) is 4.79 Å². The molecule has 0 aliphatic rings. The van der Waals surface area contributed by atoms with E-state index < -0.39 is 5.97 Å². The molecule has 0 saturated heterocycles. The molecule has 0 unspecified atom stereocenters. The summed E-state index contributed by atoms with van der Waals surface area (Å²) in [7, 11) is 1.33. The fourth-order valence-corrected chi connectivity index (χ4v) is 1.60. The Labute approximate surface area is 96.6 Å². The van der Waals surface area contributed by atoms with Gasteiger partial charge in [-0.25, -0.2) is 4.79 Å². The Morgan fingerprint density at radius 3 is 2.53 bits per heavy atom. The van der Waals surface area contributed by atoms with Crippen molar-refractivity contribution in [1.29, 1.82) is 0 Å². The van der Waals surface area contributed by atoms with Gasteiger partial charge >= 0.3 is 5.97 Å². The highest BCUT2D eigenvalue weighted by Crippen LogP contribution is 2.13. The maximum absolute atomic E-state index is 11.4. The SMILES string of the molecule is COC(=O)c1ccc(C(=O)CBr)c(C)c1. The van der Waals surface area contributed by atoms with Crippen LogP contribution in [0, 0.1) is 6.92 Å². The number of Topliss-reactive ketones (excluding diaryl/α,β-unsaturated/α-hetero) is 1. The second-order valence-corrected chi connectivity index (χ2v) is 3.64. The molecular weight excluding hydrogens is 260 g/mol. The number of alkyl halides is 1. The monoisotopic (exact) mass is 270 g/mol. The predicted octanol–water partition coefficient (Wildman–Crippen LogP) is 2.36. The largest absolute Gasteiger partial charge is 0.465 e. The van der Waals surface area contributed by atoms with Gasteiger partial charge in [-0.1, -0.05) is 22.0 Å². The number of hydrogen-bond acceptors (Lipinski definition) is 3. The zero-order valence-electron chi connectivity index (χ0n) is 8.54. The minimum Gasteiger partial charge on any atom is -0.465 e. The number of ether oxygens (including phenoxy) is 1. The molecule has 1 aromatic rings. The van der Waals surface area contributed by atoms with Crippen LogP contribution in [0.1, 0.15) is 26.3 Å². The molecule has 0 aliphatic carbocycles. The minimum atomic E-state index is -0.393. The van der Waals surface area contributed by atoms with E-state index in [-0.39, 0.29) is 11.1 Å². The van der Waals surface area contributed by atoms with Crippen molar-refractivity contribution in [3.05, 3.63) is 34.9 Å². The van der Waals surface area contributed by atoms with Gasteiger partial charge in [0, 0.05) is 5.56 Å². The molecule has 15 heavy (non-hydrogen) atoms. The Bertz CT molecular complexity index is 399. The lowest BCUT2D eigenvalue weighted by Gasteiger charge is -2.05. The van der Waals surface area contributed by atoms with Gasteiger partial charge in [-0.05, 0) is 24.6 Å². The summed E-state index contributed by atoms with van der Waals surface area (Å²) in [6, 6.07) is 4.89. The van der Waals surface area contributed by atoms with E-state index >= 15 is 0 Å². The first-order valence-corrected chi connectivity index (χ1v) is 5.50. The van der Waals surface area contributed by atoms with E-state index in [4.69, 9.17) is 0 Å². The van der Waals surface area contributed by atoms with E-state index in [1.54, 1.807) is 25.1 Å². The van der Waals surface area contributed by atoms with Crippen LogP contribution in [0.3, 0.4) is 0 Å². The van der Waals surface area contributed by atoms with Crippen molar-refractivity contribution in [2.45, 2.75) is 6.92 Å². The smallest absolute Gasteiger partial charge is 0.337 e. The lowest BCUT2D eigenvalue weighted by molar-refractivity contribution is 0.0600. The molecule has 0 radical (unpaired) electrons. The number of carbonyl (C=O) groups excluding carboxylic acids is 2. The summed E-state index contributed by atoms with van der Waals surface area (Å²) in [5, 5.41) is 0.283. The Kier molecular flexibility index (Phi) is 4.03. The number of benzene rings is 1. The number of halogens is 1. The molecule has 1 rings (SSSR count). The highest BCUT2D eigenvalue weighted by Gasteiger charge is 2.11. The normalized spacial score (nSPS) is 9.80. The number of aryl methyl sites for hydroxylation is 1. The fraction of sp³-hybridized carbons (Fsp3) is 0.273. The van der Waals surface area contributed by atoms with Crippen LogP contribution in [-0.4, -0.2) is 24.2 Å². The molecule has 0 spiro atoms. The zero-order chi connectivity index (χ0) is 11.4. The lowest BCUT2D eigenvalue weighted by atomic mass is 10.0. The van der Waals surface area contributed by atoms with Gasteiger partial charge in [-0.15, -0.1) is 0 Å². The van der Waals surface area contributed by atoms with Crippen LogP contribution in [0.15, 0.2) is 18.2 Å². The highest BCUT2D eigenvalue weighted by atomic mass is 79.9. The van der Waals surface area contributed by atoms with Crippen LogP contribution >= 0.6 is 15.9 Å². The molecule has 0 fully saturated rings. The quantitative estimate of drug-likeness (QED) is 0.481. The number of hydrogen-bond donors (Lipinski definition) is 0. The minimum absolute atomic E-state index is 0.00363. The number of esters is 1. The number of methoxy groups -OCH3 is 1. The maximum Gasteiger partial charge on any atom is 0.337 e. The Hall–Kier alpha value is -1.16. The van der Waals surface area contributed by atoms with Gasteiger partial charge in [0.15, 0.2) is 5.78 Å². The topological polar surface area (TPSA) is 43.4 Å². The molecule has 0 aromatic heterocycles. The maximum atomic E-state index is 11.4. The predicted molar refractivity (Wildman–Crippen MR) is 60.6 cm³/mol. The van der Waals surface area contributed by atoms with Crippen molar-refractivity contribution in [3.8, 4) is 0 Å². The standard InChI is InChI=1S/C11H11BrO3/c1-7-5-8(11(14)15-2)3-4-9(7)10(13)6-12/h3-5H,6H2,1-2H3. The molecule has 0 N–H and O–H groups in total. The summed E-state index contributed by atoms with van der Waals surface area (Å²) in [6.07, 6.45) is 0. The third-order valence-electron chi connectivity index (χ3n) is 2.07. The van der Waals surface area contributed by atoms with Crippen molar-refractivity contribution in [2.75, 3.05) is 12.4 Å². The van der Waals surface area contributed by atoms with Crippen molar-refractivity contribution in [3.63, 3.8) is 0 Å². The van der Waals surface area contributed by atoms with Gasteiger partial charge < -0.3 is 4.74 Å². The van der Waals surface area contributed by atoms with Crippen LogP contribution in [0.5, 0.6) is 0 Å². The molecule has 0 amide bonds. The number of ketones is 1. The molecule has 0 heterocycles. The Morgan fingerprint density at radius 1 is 1.40 bits per heavy atom. The highest BCUT2D eigenvalue weighted by molar-refractivity contribution is 9.09. The van der Waals surface area contributed by atoms with E-state index in [1.165, 1.54) is 7.11 Å². The fourth-order valence-electron chi connectivity index (χ4n) is 1.29. The van der Waals surface area contributed by atoms with E-state index in [1.807, 2.05) is 0 Å². The van der Waals surface area contributed by atoms with Gasteiger partial charge in [-0.2, -0.15) is 0 Å². The zero-order valence-corrected chi connectivity index (χ0v) is 10.1. The van der Waals surface area contributed by atoms with Crippen LogP contribution in [0.4, 0.5) is 0 Å². The van der Waals surface area contributed by atoms with Gasteiger partial charge in [0.25, 0.3) is 0 Å². The molecule has 0 saturated carbocycles. The molecule has 80 valence electrons. The first kappa shape index (κ1) is 11.9. The van der Waals surface area contributed by atoms with Crippen LogP contribution in [0.2, 0.25) is 0 Å². The van der Waals surface area contributed by atoms with Gasteiger partial charge in [0.05, 0.1) is 18.0 Å². The van der Waals surface area contributed by atoms with Crippen LogP contribution in [-0.2, 0) is 4.74 Å². The summed E-state index contributed by atoms with van der Waals surface area (Å²) in [4.78, 5) is 22.6. The molecular formula is C11H11BrO3. The van der Waals surface area contributed by atoms with E-state index in [0.717, 1.165) is 5.56 Å². The second kappa shape index (κ2) is 5.07. The van der Waals surface area contributed by atoms with Crippen molar-refractivity contribution in [2.24, 2.45) is 0 Å². The average Bonchev–Trinajstić information content (AvgIpc) is 2.26. The van der Waals surface area contributed by atoms with E-state index in [0.29, 0.717) is 11.1 Å². The first-order chi connectivity index (χ1) is 7.10. The molecule has 4 heteroatoms. The summed E-state index contributed by atoms with van der Waals surface area (Å²) in [6.45, 7) is 1.79. The second-order valence-electron chi connectivity index (χ2n) is 3.08. The molecule has 3 nitrogen and oxygen atoms in total. The molecule has 0 atom stereocenters. The van der Waals surface area contributed by atoms with Crippen molar-refractivity contribution < 1.29 is 14.3 Å². The molecule has 0 bridgehead atoms. The van der Waals surface area contributed by atoms with Gasteiger partial charge in [0.1, 0.15) is 0 Å².